The first kappa shape index (κ1) is 14.0. The van der Waals surface area contributed by atoms with E-state index in [0.29, 0.717) is 17.6 Å². The highest BCUT2D eigenvalue weighted by Crippen LogP contribution is 2.29. The molecule has 5 heteroatoms. The second-order valence-electron chi connectivity index (χ2n) is 5.27. The van der Waals surface area contributed by atoms with Crippen molar-refractivity contribution in [2.45, 2.75) is 26.4 Å². The predicted molar refractivity (Wildman–Crippen MR) is 86.3 cm³/mol. The molecule has 0 aliphatic rings. The molecule has 0 unspecified atom stereocenters. The molecule has 21 heavy (non-hydrogen) atoms. The molecule has 0 spiro atoms. The molecule has 4 nitrogen and oxygen atoms in total. The Balaban J connectivity index is 2.27. The first-order valence-corrected chi connectivity index (χ1v) is 7.31. The average Bonchev–Trinajstić information content (AvgIpc) is 2.85. The molecule has 0 radical (unpaired) electrons. The molecule has 108 valence electrons. The fourth-order valence-electron chi connectivity index (χ4n) is 2.53. The van der Waals surface area contributed by atoms with E-state index in [1.165, 1.54) is 0 Å². The molecule has 0 aliphatic carbocycles. The van der Waals surface area contributed by atoms with Crippen LogP contribution in [0.5, 0.6) is 0 Å². The van der Waals surface area contributed by atoms with Crippen molar-refractivity contribution in [1.29, 1.82) is 0 Å². The number of aromatic nitrogens is 3. The van der Waals surface area contributed by atoms with Crippen molar-refractivity contribution in [1.82, 2.24) is 14.5 Å². The summed E-state index contributed by atoms with van der Waals surface area (Å²) in [4.78, 5) is 8.99. The summed E-state index contributed by atoms with van der Waals surface area (Å²) in [6, 6.07) is 10.0. The molecule has 0 aliphatic heterocycles. The van der Waals surface area contributed by atoms with Gasteiger partial charge in [-0.05, 0) is 44.2 Å². The molecule has 0 fully saturated rings. The highest BCUT2D eigenvalue weighted by atomic mass is 35.5. The summed E-state index contributed by atoms with van der Waals surface area (Å²) in [5, 5.41) is 0.694. The Morgan fingerprint density at radius 3 is 2.76 bits per heavy atom. The van der Waals surface area contributed by atoms with Crippen LogP contribution in [-0.2, 0) is 6.54 Å². The zero-order valence-electron chi connectivity index (χ0n) is 12.0. The number of imidazole rings is 1. The molecule has 3 rings (SSSR count). The summed E-state index contributed by atoms with van der Waals surface area (Å²) in [7, 11) is 0. The van der Waals surface area contributed by atoms with Gasteiger partial charge in [0.1, 0.15) is 5.82 Å². The number of rotatable bonds is 3. The van der Waals surface area contributed by atoms with Crippen LogP contribution in [0.2, 0.25) is 5.02 Å². The predicted octanol–water partition coefficient (Wildman–Crippen LogP) is 3.79. The summed E-state index contributed by atoms with van der Waals surface area (Å²) < 4.78 is 2.21. The third-order valence-corrected chi connectivity index (χ3v) is 3.69. The Labute approximate surface area is 128 Å². The number of nitrogens with two attached hydrogens (primary N) is 1. The van der Waals surface area contributed by atoms with Crippen LogP contribution < -0.4 is 5.73 Å². The Bertz CT molecular complexity index is 792. The normalized spacial score (nSPS) is 11.5. The van der Waals surface area contributed by atoms with Crippen LogP contribution in [-0.4, -0.2) is 14.5 Å². The van der Waals surface area contributed by atoms with Crippen LogP contribution in [0, 0.1) is 0 Å². The smallest absolute Gasteiger partial charge is 0.141 e. The second-order valence-corrected chi connectivity index (χ2v) is 5.71. The minimum Gasteiger partial charge on any atom is -0.325 e. The second kappa shape index (κ2) is 5.47. The molecule has 0 amide bonds. The monoisotopic (exact) mass is 300 g/mol. The molecular formula is C16H17ClN4. The van der Waals surface area contributed by atoms with Crippen molar-refractivity contribution in [3.8, 4) is 11.4 Å². The lowest BCUT2D eigenvalue weighted by molar-refractivity contribution is 0.624. The van der Waals surface area contributed by atoms with E-state index in [4.69, 9.17) is 22.3 Å². The number of hydrogen-bond acceptors (Lipinski definition) is 3. The summed E-state index contributed by atoms with van der Waals surface area (Å²) in [5.41, 5.74) is 9.54. The Hall–Kier alpha value is -1.91. The third-order valence-electron chi connectivity index (χ3n) is 3.45. The van der Waals surface area contributed by atoms with Crippen molar-refractivity contribution in [3.63, 3.8) is 0 Å². The fraction of sp³-hybridized carbons (Fsp3) is 0.250. The SMILES string of the molecule is CC(C)n1c(-c2ccnc(CN)c2)nc2cc(Cl)ccc21. The maximum Gasteiger partial charge on any atom is 0.141 e. The van der Waals surface area contributed by atoms with Crippen LogP contribution >= 0.6 is 11.6 Å². The van der Waals surface area contributed by atoms with Crippen molar-refractivity contribution in [3.05, 3.63) is 47.2 Å². The highest BCUT2D eigenvalue weighted by molar-refractivity contribution is 6.31. The van der Waals surface area contributed by atoms with Crippen LogP contribution in [0.15, 0.2) is 36.5 Å². The van der Waals surface area contributed by atoms with Crippen molar-refractivity contribution in [2.24, 2.45) is 5.73 Å². The average molecular weight is 301 g/mol. The molecule has 2 aromatic heterocycles. The van der Waals surface area contributed by atoms with E-state index in [1.54, 1.807) is 6.20 Å². The molecule has 1 aromatic carbocycles. The minimum absolute atomic E-state index is 0.292. The lowest BCUT2D eigenvalue weighted by atomic mass is 10.2. The molecular weight excluding hydrogens is 284 g/mol. The van der Waals surface area contributed by atoms with Gasteiger partial charge in [-0.15, -0.1) is 0 Å². The van der Waals surface area contributed by atoms with E-state index in [0.717, 1.165) is 28.1 Å². The zero-order valence-corrected chi connectivity index (χ0v) is 12.8. The first-order valence-electron chi connectivity index (χ1n) is 6.93. The largest absolute Gasteiger partial charge is 0.325 e. The van der Waals surface area contributed by atoms with Crippen LogP contribution in [0.4, 0.5) is 0 Å². The van der Waals surface area contributed by atoms with Gasteiger partial charge in [-0.3, -0.25) is 4.98 Å². The Kier molecular flexibility index (Phi) is 3.66. The maximum absolute atomic E-state index is 6.08. The number of hydrogen-bond donors (Lipinski definition) is 1. The van der Waals surface area contributed by atoms with Gasteiger partial charge in [0, 0.05) is 29.4 Å². The highest BCUT2D eigenvalue weighted by Gasteiger charge is 2.15. The van der Waals surface area contributed by atoms with E-state index < -0.39 is 0 Å². The number of nitrogens with zero attached hydrogens (tertiary/aromatic N) is 3. The minimum atomic E-state index is 0.292. The number of fused-ring (bicyclic) bond motifs is 1. The van der Waals surface area contributed by atoms with Crippen LogP contribution in [0.3, 0.4) is 0 Å². The summed E-state index contributed by atoms with van der Waals surface area (Å²) >= 11 is 6.08. The molecule has 0 saturated heterocycles. The molecule has 3 aromatic rings. The van der Waals surface area contributed by atoms with Gasteiger partial charge in [-0.2, -0.15) is 0 Å². The lowest BCUT2D eigenvalue weighted by Gasteiger charge is -2.13. The molecule has 2 N–H and O–H groups in total. The Morgan fingerprint density at radius 2 is 2.05 bits per heavy atom. The summed E-state index contributed by atoms with van der Waals surface area (Å²) in [6.07, 6.45) is 1.77. The van der Waals surface area contributed by atoms with Gasteiger partial charge in [0.15, 0.2) is 0 Å². The molecule has 0 atom stereocenters. The Morgan fingerprint density at radius 1 is 1.24 bits per heavy atom. The van der Waals surface area contributed by atoms with Gasteiger partial charge in [0.2, 0.25) is 0 Å². The van der Waals surface area contributed by atoms with Gasteiger partial charge in [0.25, 0.3) is 0 Å². The van der Waals surface area contributed by atoms with Gasteiger partial charge < -0.3 is 10.3 Å². The van der Waals surface area contributed by atoms with E-state index in [2.05, 4.69) is 23.4 Å². The summed E-state index contributed by atoms with van der Waals surface area (Å²) in [6.45, 7) is 4.70. The molecule has 0 saturated carbocycles. The number of benzene rings is 1. The molecule has 0 bridgehead atoms. The first-order chi connectivity index (χ1) is 10.1. The third kappa shape index (κ3) is 2.52. The van der Waals surface area contributed by atoms with Crippen molar-refractivity contribution < 1.29 is 0 Å². The van der Waals surface area contributed by atoms with E-state index in [-0.39, 0.29) is 0 Å². The number of halogens is 1. The van der Waals surface area contributed by atoms with Gasteiger partial charge in [0.05, 0.1) is 16.7 Å². The lowest BCUT2D eigenvalue weighted by Crippen LogP contribution is -2.04. The summed E-state index contributed by atoms with van der Waals surface area (Å²) in [5.74, 6) is 0.916. The quantitative estimate of drug-likeness (QED) is 0.800. The van der Waals surface area contributed by atoms with Crippen molar-refractivity contribution >= 4 is 22.6 Å². The molecule has 2 heterocycles. The van der Waals surface area contributed by atoms with Crippen molar-refractivity contribution in [2.75, 3.05) is 0 Å². The van der Waals surface area contributed by atoms with E-state index in [9.17, 15) is 0 Å². The van der Waals surface area contributed by atoms with E-state index >= 15 is 0 Å². The number of pyridine rings is 1. The standard InChI is InChI=1S/C16H17ClN4/c1-10(2)21-15-4-3-12(17)8-14(15)20-16(21)11-5-6-19-13(7-11)9-18/h3-8,10H,9,18H2,1-2H3. The van der Waals surface area contributed by atoms with Gasteiger partial charge in [-0.25, -0.2) is 4.98 Å². The maximum atomic E-state index is 6.08. The zero-order chi connectivity index (χ0) is 15.0. The fourth-order valence-corrected chi connectivity index (χ4v) is 2.69. The van der Waals surface area contributed by atoms with Crippen LogP contribution in [0.25, 0.3) is 22.4 Å². The van der Waals surface area contributed by atoms with E-state index in [1.807, 2.05) is 30.3 Å². The van der Waals surface area contributed by atoms with Gasteiger partial charge in [-0.1, -0.05) is 11.6 Å². The van der Waals surface area contributed by atoms with Gasteiger partial charge >= 0.3 is 0 Å². The topological polar surface area (TPSA) is 56.7 Å². The van der Waals surface area contributed by atoms with Crippen LogP contribution in [0.1, 0.15) is 25.6 Å².